The normalized spacial score (nSPS) is 30.8. The summed E-state index contributed by atoms with van der Waals surface area (Å²) in [7, 11) is 0. The van der Waals surface area contributed by atoms with Crippen molar-refractivity contribution in [3.63, 3.8) is 0 Å². The van der Waals surface area contributed by atoms with Crippen LogP contribution in [0.3, 0.4) is 0 Å². The van der Waals surface area contributed by atoms with E-state index in [9.17, 15) is 14.4 Å². The number of allylic oxidation sites excluding steroid dienone is 2. The zero-order valence-electron chi connectivity index (χ0n) is 17.5. The number of benzene rings is 2. The number of halogens is 7. The maximum absolute atomic E-state index is 13.7. The minimum atomic E-state index is -2.04. The standard InChI is InChI=1S/C23H13Cl7N2O3/c1-9-6-7-10(24)8-12(9)31-18(33)11-4-2-3-5-13(11)32-19(34)14-15(20(32)35)22(28)17(26)16(25)21(14,27)23(22,29)30/h2-8,14-15H,1H3,(H,31,33)/t14-,15-,21-,22-/m1/s1. The van der Waals surface area contributed by atoms with Gasteiger partial charge < -0.3 is 5.32 Å². The summed E-state index contributed by atoms with van der Waals surface area (Å²) in [6.45, 7) is 1.80. The quantitative estimate of drug-likeness (QED) is 0.304. The number of carbonyl (C=O) groups excluding carboxylic acids is 3. The van der Waals surface area contributed by atoms with E-state index in [2.05, 4.69) is 5.32 Å². The first-order valence-electron chi connectivity index (χ1n) is 10.2. The molecule has 2 aliphatic carbocycles. The summed E-state index contributed by atoms with van der Waals surface area (Å²) in [6.07, 6.45) is 0. The Balaban J connectivity index is 1.57. The maximum atomic E-state index is 13.7. The molecule has 3 amide bonds. The number of para-hydroxylation sites is 1. The van der Waals surface area contributed by atoms with Crippen LogP contribution in [0.15, 0.2) is 52.5 Å². The summed E-state index contributed by atoms with van der Waals surface area (Å²) < 4.78 is -2.04. The molecule has 0 spiro atoms. The second-order valence-electron chi connectivity index (χ2n) is 8.52. The first-order chi connectivity index (χ1) is 16.3. The molecule has 35 heavy (non-hydrogen) atoms. The van der Waals surface area contributed by atoms with Crippen LogP contribution >= 0.6 is 81.2 Å². The fourth-order valence-electron chi connectivity index (χ4n) is 5.01. The van der Waals surface area contributed by atoms with E-state index in [4.69, 9.17) is 81.2 Å². The van der Waals surface area contributed by atoms with Crippen molar-refractivity contribution in [2.45, 2.75) is 21.0 Å². The molecule has 5 rings (SSSR count). The van der Waals surface area contributed by atoms with E-state index < -0.39 is 43.6 Å². The molecule has 1 heterocycles. The number of anilines is 2. The molecule has 0 aromatic heterocycles. The van der Waals surface area contributed by atoms with Gasteiger partial charge in [0.2, 0.25) is 11.8 Å². The molecule has 4 atom stereocenters. The highest BCUT2D eigenvalue weighted by Gasteiger charge is 2.87. The van der Waals surface area contributed by atoms with E-state index in [-0.39, 0.29) is 21.3 Å². The van der Waals surface area contributed by atoms with Crippen LogP contribution in [0.5, 0.6) is 0 Å². The number of nitrogens with one attached hydrogen (secondary N) is 1. The third-order valence-electron chi connectivity index (χ3n) is 6.75. The molecule has 182 valence electrons. The Bertz CT molecular complexity index is 1330. The summed E-state index contributed by atoms with van der Waals surface area (Å²) in [4.78, 5) is 37.6. The number of amides is 3. The number of hydrogen-bond acceptors (Lipinski definition) is 3. The van der Waals surface area contributed by atoms with Gasteiger partial charge in [-0.1, -0.05) is 76.2 Å². The number of alkyl halides is 4. The van der Waals surface area contributed by atoms with Crippen LogP contribution < -0.4 is 10.2 Å². The highest BCUT2D eigenvalue weighted by atomic mass is 35.5. The number of rotatable bonds is 3. The molecule has 2 bridgehead atoms. The molecule has 0 unspecified atom stereocenters. The lowest BCUT2D eigenvalue weighted by Crippen LogP contribution is -2.50. The molecule has 1 saturated heterocycles. The Morgan fingerprint density at radius 3 is 2.00 bits per heavy atom. The van der Waals surface area contributed by atoms with Gasteiger partial charge in [-0.15, -0.1) is 23.2 Å². The Labute approximate surface area is 235 Å². The minimum Gasteiger partial charge on any atom is -0.322 e. The molecule has 0 radical (unpaired) electrons. The Morgan fingerprint density at radius 2 is 1.43 bits per heavy atom. The first kappa shape index (κ1) is 25.5. The van der Waals surface area contributed by atoms with Crippen LogP contribution in [0, 0.1) is 18.8 Å². The summed E-state index contributed by atoms with van der Waals surface area (Å²) in [5.41, 5.74) is 1.34. The highest BCUT2D eigenvalue weighted by Crippen LogP contribution is 2.77. The SMILES string of the molecule is Cc1ccc(Cl)cc1NC(=O)c1ccccc1N1C(=O)[C@H]2[C@H](C1=O)[C@@]1(Cl)C(Cl)=C(Cl)[C@@]2(Cl)C1(Cl)Cl. The van der Waals surface area contributed by atoms with Gasteiger partial charge in [0.15, 0.2) is 4.33 Å². The van der Waals surface area contributed by atoms with Crippen LogP contribution in [0.1, 0.15) is 15.9 Å². The lowest BCUT2D eigenvalue weighted by Gasteiger charge is -2.34. The predicted octanol–water partition coefficient (Wildman–Crippen LogP) is 6.85. The predicted molar refractivity (Wildman–Crippen MR) is 140 cm³/mol. The molecule has 2 aromatic carbocycles. The summed E-state index contributed by atoms with van der Waals surface area (Å²) in [6, 6.07) is 11.2. The molecular formula is C23H13Cl7N2O3. The fourth-order valence-corrected chi connectivity index (χ4v) is 8.11. The van der Waals surface area contributed by atoms with Crippen molar-refractivity contribution in [1.29, 1.82) is 0 Å². The summed E-state index contributed by atoms with van der Waals surface area (Å²) in [5.74, 6) is -4.66. The van der Waals surface area contributed by atoms with Crippen molar-refractivity contribution >= 4 is 110 Å². The van der Waals surface area contributed by atoms with Crippen LogP contribution in [0.2, 0.25) is 5.02 Å². The number of hydrogen-bond donors (Lipinski definition) is 1. The van der Waals surface area contributed by atoms with Crippen LogP contribution in [-0.4, -0.2) is 31.8 Å². The molecule has 1 N–H and O–H groups in total. The van der Waals surface area contributed by atoms with E-state index in [1.807, 2.05) is 0 Å². The van der Waals surface area contributed by atoms with Gasteiger partial charge in [-0.25, -0.2) is 4.90 Å². The van der Waals surface area contributed by atoms with E-state index >= 15 is 0 Å². The molecule has 12 heteroatoms. The van der Waals surface area contributed by atoms with Gasteiger partial charge in [-0.2, -0.15) is 0 Å². The topological polar surface area (TPSA) is 66.5 Å². The van der Waals surface area contributed by atoms with Gasteiger partial charge in [0, 0.05) is 10.7 Å². The second-order valence-corrected chi connectivity index (χ2v) is 12.2. The van der Waals surface area contributed by atoms with Crippen molar-refractivity contribution in [3.05, 3.63) is 68.7 Å². The Kier molecular flexibility index (Phi) is 5.94. The molecule has 5 nitrogen and oxygen atoms in total. The van der Waals surface area contributed by atoms with E-state index in [0.717, 1.165) is 10.5 Å². The Hall–Kier alpha value is -1.18. The van der Waals surface area contributed by atoms with Crippen molar-refractivity contribution in [2.24, 2.45) is 11.8 Å². The number of fused-ring (bicyclic) bond motifs is 5. The lowest BCUT2D eigenvalue weighted by atomic mass is 9.84. The van der Waals surface area contributed by atoms with Gasteiger partial charge in [-0.3, -0.25) is 14.4 Å². The van der Waals surface area contributed by atoms with Crippen LogP contribution in [0.25, 0.3) is 0 Å². The van der Waals surface area contributed by atoms with Gasteiger partial charge >= 0.3 is 0 Å². The van der Waals surface area contributed by atoms with Gasteiger partial charge in [-0.05, 0) is 36.8 Å². The first-order valence-corrected chi connectivity index (χ1v) is 12.8. The average molecular weight is 614 g/mol. The highest BCUT2D eigenvalue weighted by molar-refractivity contribution is 6.67. The molecule has 1 saturated carbocycles. The van der Waals surface area contributed by atoms with E-state index in [1.54, 1.807) is 37.3 Å². The van der Waals surface area contributed by atoms with Crippen LogP contribution in [-0.2, 0) is 9.59 Å². The number of imide groups is 1. The maximum Gasteiger partial charge on any atom is 0.257 e. The third kappa shape index (κ3) is 3.07. The molecule has 3 aliphatic rings. The van der Waals surface area contributed by atoms with Crippen molar-refractivity contribution in [3.8, 4) is 0 Å². The van der Waals surface area contributed by atoms with E-state index in [1.165, 1.54) is 12.1 Å². The van der Waals surface area contributed by atoms with Crippen LogP contribution in [0.4, 0.5) is 11.4 Å². The molecule has 1 aliphatic heterocycles. The monoisotopic (exact) mass is 610 g/mol. The zero-order valence-corrected chi connectivity index (χ0v) is 22.8. The van der Waals surface area contributed by atoms with Gasteiger partial charge in [0.05, 0.1) is 33.2 Å². The van der Waals surface area contributed by atoms with E-state index in [0.29, 0.717) is 10.7 Å². The second kappa shape index (κ2) is 8.16. The third-order valence-corrected chi connectivity index (χ3v) is 11.2. The Morgan fingerprint density at radius 1 is 0.886 bits per heavy atom. The van der Waals surface area contributed by atoms with Crippen molar-refractivity contribution < 1.29 is 14.4 Å². The smallest absolute Gasteiger partial charge is 0.257 e. The zero-order chi connectivity index (χ0) is 25.7. The number of carbonyl (C=O) groups is 3. The van der Waals surface area contributed by atoms with Crippen molar-refractivity contribution in [2.75, 3.05) is 10.2 Å². The lowest BCUT2D eigenvalue weighted by molar-refractivity contribution is -0.123. The molecule has 2 fully saturated rings. The largest absolute Gasteiger partial charge is 0.322 e. The van der Waals surface area contributed by atoms with Crippen molar-refractivity contribution in [1.82, 2.24) is 0 Å². The summed E-state index contributed by atoms with van der Waals surface area (Å²) in [5, 5.41) is 2.82. The average Bonchev–Trinajstić information content (AvgIpc) is 3.19. The minimum absolute atomic E-state index is 0.0380. The van der Waals surface area contributed by atoms with Gasteiger partial charge in [0.25, 0.3) is 5.91 Å². The van der Waals surface area contributed by atoms with Gasteiger partial charge in [0.1, 0.15) is 9.75 Å². The number of aryl methyl sites for hydroxylation is 1. The molecule has 2 aromatic rings. The molecular weight excluding hydrogens is 600 g/mol. The number of nitrogens with zero attached hydrogens (tertiary/aromatic N) is 1. The fraction of sp³-hybridized carbons (Fsp3) is 0.261. The summed E-state index contributed by atoms with van der Waals surface area (Å²) >= 11 is 45.3.